The minimum atomic E-state index is -1.03. The molecule has 0 aromatic heterocycles. The van der Waals surface area contributed by atoms with Crippen LogP contribution in [0.3, 0.4) is 0 Å². The largest absolute Gasteiger partial charge is 0.480 e. The third-order valence-electron chi connectivity index (χ3n) is 6.76. The Balaban J connectivity index is 2.13. The van der Waals surface area contributed by atoms with E-state index in [2.05, 4.69) is 24.4 Å². The number of amides is 2. The average Bonchev–Trinajstić information content (AvgIpc) is 3.29. The van der Waals surface area contributed by atoms with Crippen molar-refractivity contribution in [3.8, 4) is 0 Å². The molecule has 2 N–H and O–H groups in total. The summed E-state index contributed by atoms with van der Waals surface area (Å²) >= 11 is 0. The molecule has 0 spiro atoms. The Morgan fingerprint density at radius 1 is 0.912 bits per heavy atom. The minimum Gasteiger partial charge on any atom is -0.480 e. The fourth-order valence-corrected chi connectivity index (χ4v) is 4.59. The second kappa shape index (κ2) is 18.5. The Bertz CT molecular complexity index is 618. The molecule has 0 unspecified atom stereocenters. The third-order valence-corrected chi connectivity index (χ3v) is 6.76. The Morgan fingerprint density at radius 3 is 2.03 bits per heavy atom. The van der Waals surface area contributed by atoms with Crippen molar-refractivity contribution in [2.75, 3.05) is 6.54 Å². The second-order valence-corrected chi connectivity index (χ2v) is 10.1. The van der Waals surface area contributed by atoms with E-state index in [0.717, 1.165) is 32.1 Å². The van der Waals surface area contributed by atoms with Gasteiger partial charge in [0.15, 0.2) is 0 Å². The van der Waals surface area contributed by atoms with Crippen LogP contribution in [0.4, 0.5) is 0 Å². The van der Waals surface area contributed by atoms with E-state index in [1.807, 2.05) is 0 Å². The third kappa shape index (κ3) is 12.6. The zero-order valence-electron chi connectivity index (χ0n) is 22.0. The first-order valence-electron chi connectivity index (χ1n) is 13.9. The number of hydrogen-bond donors (Lipinski definition) is 2. The van der Waals surface area contributed by atoms with Crippen LogP contribution in [0.1, 0.15) is 124 Å². The molecule has 0 aliphatic carbocycles. The molecule has 1 aliphatic rings. The molecular formula is C28H50N2O4. The smallest absolute Gasteiger partial charge is 0.326 e. The number of nitrogens with one attached hydrogen (secondary N) is 1. The summed E-state index contributed by atoms with van der Waals surface area (Å²) < 4.78 is 0. The molecule has 0 aromatic rings. The van der Waals surface area contributed by atoms with Crippen molar-refractivity contribution in [3.63, 3.8) is 0 Å². The van der Waals surface area contributed by atoms with Gasteiger partial charge in [0.05, 0.1) is 0 Å². The van der Waals surface area contributed by atoms with Gasteiger partial charge < -0.3 is 15.3 Å². The molecule has 2 atom stereocenters. The minimum absolute atomic E-state index is 0.0201. The Labute approximate surface area is 207 Å². The lowest BCUT2D eigenvalue weighted by molar-refractivity contribution is -0.145. The van der Waals surface area contributed by atoms with Crippen molar-refractivity contribution in [1.29, 1.82) is 0 Å². The highest BCUT2D eigenvalue weighted by molar-refractivity contribution is 5.90. The SMILES string of the molecule is CCCCCCCCC=CCCCCCCCC(=O)N1CCC[C@H]1C(=O)N[C@H](C(=O)O)C(C)C. The first-order valence-corrected chi connectivity index (χ1v) is 13.9. The van der Waals surface area contributed by atoms with E-state index in [0.29, 0.717) is 19.4 Å². The summed E-state index contributed by atoms with van der Waals surface area (Å²) in [5.74, 6) is -1.56. The van der Waals surface area contributed by atoms with Crippen molar-refractivity contribution in [2.24, 2.45) is 5.92 Å². The molecule has 0 aromatic carbocycles. The Morgan fingerprint density at radius 2 is 1.47 bits per heavy atom. The molecule has 1 aliphatic heterocycles. The standard InChI is InChI=1S/C28H50N2O4/c1-4-5-6-7-8-9-10-11-12-13-14-15-16-17-18-21-25(31)30-22-19-20-24(30)27(32)29-26(23(2)3)28(33)34/h11-12,23-24,26H,4-10,13-22H2,1-3H3,(H,29,32)(H,33,34)/t24-,26-/m0/s1. The van der Waals surface area contributed by atoms with Crippen LogP contribution >= 0.6 is 0 Å². The summed E-state index contributed by atoms with van der Waals surface area (Å²) in [5.41, 5.74) is 0. The number of carboxylic acids is 1. The fraction of sp³-hybridized carbons (Fsp3) is 0.821. The molecular weight excluding hydrogens is 428 g/mol. The molecule has 0 bridgehead atoms. The van der Waals surface area contributed by atoms with Crippen LogP contribution < -0.4 is 5.32 Å². The van der Waals surface area contributed by atoms with Gasteiger partial charge in [-0.2, -0.15) is 0 Å². The van der Waals surface area contributed by atoms with Crippen molar-refractivity contribution in [3.05, 3.63) is 12.2 Å². The van der Waals surface area contributed by atoms with E-state index in [-0.39, 0.29) is 17.7 Å². The van der Waals surface area contributed by atoms with Crippen LogP contribution in [-0.4, -0.2) is 46.4 Å². The van der Waals surface area contributed by atoms with Gasteiger partial charge in [0.1, 0.15) is 12.1 Å². The van der Waals surface area contributed by atoms with Crippen molar-refractivity contribution < 1.29 is 19.5 Å². The van der Waals surface area contributed by atoms with Crippen LogP contribution in [-0.2, 0) is 14.4 Å². The highest BCUT2D eigenvalue weighted by Gasteiger charge is 2.36. The lowest BCUT2D eigenvalue weighted by atomic mass is 10.0. The Kier molecular flexibility index (Phi) is 16.4. The molecule has 1 saturated heterocycles. The number of rotatable bonds is 19. The van der Waals surface area contributed by atoms with E-state index < -0.39 is 18.1 Å². The second-order valence-electron chi connectivity index (χ2n) is 10.1. The number of allylic oxidation sites excluding steroid dienone is 2. The molecule has 2 amide bonds. The van der Waals surface area contributed by atoms with Gasteiger partial charge >= 0.3 is 5.97 Å². The summed E-state index contributed by atoms with van der Waals surface area (Å²) in [6.07, 6.45) is 22.4. The maximum absolute atomic E-state index is 12.7. The van der Waals surface area contributed by atoms with Gasteiger partial charge in [0.2, 0.25) is 11.8 Å². The molecule has 1 heterocycles. The van der Waals surface area contributed by atoms with Gasteiger partial charge in [-0.15, -0.1) is 0 Å². The monoisotopic (exact) mass is 478 g/mol. The quantitative estimate of drug-likeness (QED) is 0.170. The highest BCUT2D eigenvalue weighted by Crippen LogP contribution is 2.20. The van der Waals surface area contributed by atoms with Crippen LogP contribution in [0.2, 0.25) is 0 Å². The fourth-order valence-electron chi connectivity index (χ4n) is 4.59. The number of carbonyl (C=O) groups is 3. The number of likely N-dealkylation sites (tertiary alicyclic amines) is 1. The van der Waals surface area contributed by atoms with E-state index in [4.69, 9.17) is 0 Å². The summed E-state index contributed by atoms with van der Waals surface area (Å²) in [6, 6.07) is -1.45. The molecule has 34 heavy (non-hydrogen) atoms. The molecule has 6 nitrogen and oxygen atoms in total. The van der Waals surface area contributed by atoms with Crippen LogP contribution in [0, 0.1) is 5.92 Å². The van der Waals surface area contributed by atoms with Crippen LogP contribution in [0.15, 0.2) is 12.2 Å². The first-order chi connectivity index (χ1) is 16.4. The zero-order chi connectivity index (χ0) is 25.2. The van der Waals surface area contributed by atoms with E-state index in [1.165, 1.54) is 57.8 Å². The summed E-state index contributed by atoms with van der Waals surface area (Å²) in [4.78, 5) is 38.3. The van der Waals surface area contributed by atoms with Crippen LogP contribution in [0.5, 0.6) is 0 Å². The van der Waals surface area contributed by atoms with Gasteiger partial charge in [-0.3, -0.25) is 9.59 Å². The number of carboxylic acid groups (broad SMARTS) is 1. The maximum atomic E-state index is 12.7. The van der Waals surface area contributed by atoms with Crippen LogP contribution in [0.25, 0.3) is 0 Å². The van der Waals surface area contributed by atoms with Gasteiger partial charge in [-0.1, -0.05) is 84.3 Å². The molecule has 196 valence electrons. The van der Waals surface area contributed by atoms with Gasteiger partial charge in [0.25, 0.3) is 0 Å². The van der Waals surface area contributed by atoms with E-state index >= 15 is 0 Å². The maximum Gasteiger partial charge on any atom is 0.326 e. The number of nitrogens with zero attached hydrogens (tertiary/aromatic N) is 1. The lowest BCUT2D eigenvalue weighted by Crippen LogP contribution is -2.52. The van der Waals surface area contributed by atoms with Gasteiger partial charge in [0, 0.05) is 13.0 Å². The first kappa shape index (κ1) is 30.2. The zero-order valence-corrected chi connectivity index (χ0v) is 22.0. The van der Waals surface area contributed by atoms with E-state index in [1.54, 1.807) is 18.7 Å². The lowest BCUT2D eigenvalue weighted by Gasteiger charge is -2.26. The summed E-state index contributed by atoms with van der Waals surface area (Å²) in [6.45, 7) is 6.37. The predicted octanol–water partition coefficient (Wildman–Crippen LogP) is 6.24. The van der Waals surface area contributed by atoms with Gasteiger partial charge in [-0.05, 0) is 50.9 Å². The van der Waals surface area contributed by atoms with Crippen molar-refractivity contribution in [2.45, 2.75) is 136 Å². The van der Waals surface area contributed by atoms with E-state index in [9.17, 15) is 19.5 Å². The predicted molar refractivity (Wildman–Crippen MR) is 139 cm³/mol. The van der Waals surface area contributed by atoms with Gasteiger partial charge in [-0.25, -0.2) is 4.79 Å². The number of unbranched alkanes of at least 4 members (excludes halogenated alkanes) is 11. The number of hydrogen-bond acceptors (Lipinski definition) is 3. The average molecular weight is 479 g/mol. The van der Waals surface area contributed by atoms with Crippen molar-refractivity contribution in [1.82, 2.24) is 10.2 Å². The van der Waals surface area contributed by atoms with Crippen molar-refractivity contribution >= 4 is 17.8 Å². The summed E-state index contributed by atoms with van der Waals surface area (Å²) in [5, 5.41) is 11.9. The number of aliphatic carboxylic acids is 1. The molecule has 6 heteroatoms. The Hall–Kier alpha value is -1.85. The number of carbonyl (C=O) groups excluding carboxylic acids is 2. The highest BCUT2D eigenvalue weighted by atomic mass is 16.4. The molecule has 1 fully saturated rings. The molecule has 1 rings (SSSR count). The molecule has 0 saturated carbocycles. The normalized spacial score (nSPS) is 16.9. The topological polar surface area (TPSA) is 86.7 Å². The summed E-state index contributed by atoms with van der Waals surface area (Å²) in [7, 11) is 0. The molecule has 0 radical (unpaired) electrons.